The average molecular weight is 475 g/mol. The molecule has 1 saturated carbocycles. The first-order chi connectivity index (χ1) is 16.9. The van der Waals surface area contributed by atoms with Crippen molar-refractivity contribution in [2.45, 2.75) is 71.4 Å². The summed E-state index contributed by atoms with van der Waals surface area (Å²) in [4.78, 5) is 37.5. The predicted molar refractivity (Wildman–Crippen MR) is 137 cm³/mol. The van der Waals surface area contributed by atoms with E-state index in [2.05, 4.69) is 13.8 Å². The van der Waals surface area contributed by atoms with Gasteiger partial charge in [0.15, 0.2) is 6.29 Å². The van der Waals surface area contributed by atoms with Crippen molar-refractivity contribution in [1.82, 2.24) is 9.13 Å². The number of hydrogen-bond donors (Lipinski definition) is 1. The van der Waals surface area contributed by atoms with Crippen LogP contribution in [0.3, 0.4) is 0 Å². The molecule has 0 atom stereocenters. The van der Waals surface area contributed by atoms with Crippen LogP contribution in [0, 0.1) is 5.92 Å². The van der Waals surface area contributed by atoms with Gasteiger partial charge in [-0.15, -0.1) is 0 Å². The zero-order valence-corrected chi connectivity index (χ0v) is 20.6. The number of carboxylic acid groups (broad SMARTS) is 1. The molecule has 1 aromatic heterocycles. The molecular weight excluding hydrogens is 440 g/mol. The number of aromatic nitrogens is 2. The summed E-state index contributed by atoms with van der Waals surface area (Å²) in [6.45, 7) is 4.68. The van der Waals surface area contributed by atoms with Crippen molar-refractivity contribution in [2.24, 2.45) is 5.92 Å². The number of imidazole rings is 1. The molecule has 1 aliphatic carbocycles. The Kier molecular flexibility index (Phi) is 7.69. The first-order valence-corrected chi connectivity index (χ1v) is 12.6. The van der Waals surface area contributed by atoms with Gasteiger partial charge in [-0.2, -0.15) is 0 Å². The number of benzene rings is 2. The smallest absolute Gasteiger partial charge is 0.336 e. The minimum absolute atomic E-state index is 0.0883. The van der Waals surface area contributed by atoms with Crippen LogP contribution < -0.4 is 5.69 Å². The molecule has 0 bridgehead atoms. The molecule has 6 nitrogen and oxygen atoms in total. The maximum absolute atomic E-state index is 13.6. The summed E-state index contributed by atoms with van der Waals surface area (Å²) in [6, 6.07) is 14.7. The Balaban J connectivity index is 1.70. The lowest BCUT2D eigenvalue weighted by Crippen LogP contribution is -2.30. The van der Waals surface area contributed by atoms with Crippen LogP contribution in [-0.2, 0) is 13.0 Å². The highest BCUT2D eigenvalue weighted by Crippen LogP contribution is 2.30. The standard InChI is InChI=1S/C29H34N2O4/c1-20(2)12-17-26-27(19-32)31(23-8-4-3-5-9-23)29(35)30(26)18-21-13-15-22(16-14-21)24-10-6-7-11-25(24)28(33)34/h6-7,10-11,13-16,19-20,23H,3-5,8-9,12,17-18H2,1-2H3,(H,33,34). The molecule has 4 rings (SSSR count). The summed E-state index contributed by atoms with van der Waals surface area (Å²) in [7, 11) is 0. The maximum atomic E-state index is 13.6. The molecule has 1 N–H and O–H groups in total. The Morgan fingerprint density at radius 1 is 1.06 bits per heavy atom. The minimum atomic E-state index is -0.962. The van der Waals surface area contributed by atoms with Gasteiger partial charge in [-0.1, -0.05) is 75.6 Å². The third kappa shape index (κ3) is 5.31. The minimum Gasteiger partial charge on any atom is -0.478 e. The van der Waals surface area contributed by atoms with Crippen molar-refractivity contribution in [3.05, 3.63) is 81.5 Å². The van der Waals surface area contributed by atoms with Gasteiger partial charge in [0, 0.05) is 6.04 Å². The van der Waals surface area contributed by atoms with Crippen molar-refractivity contribution in [3.63, 3.8) is 0 Å². The zero-order valence-electron chi connectivity index (χ0n) is 20.6. The van der Waals surface area contributed by atoms with E-state index < -0.39 is 5.97 Å². The molecule has 0 spiro atoms. The highest BCUT2D eigenvalue weighted by molar-refractivity contribution is 5.96. The summed E-state index contributed by atoms with van der Waals surface area (Å²) in [6.07, 6.45) is 7.68. The molecule has 0 aliphatic heterocycles. The van der Waals surface area contributed by atoms with E-state index in [4.69, 9.17) is 0 Å². The Hall–Kier alpha value is -3.41. The molecule has 3 aromatic rings. The van der Waals surface area contributed by atoms with Gasteiger partial charge >= 0.3 is 11.7 Å². The highest BCUT2D eigenvalue weighted by atomic mass is 16.4. The van der Waals surface area contributed by atoms with E-state index in [1.54, 1.807) is 27.3 Å². The molecule has 1 heterocycles. The predicted octanol–water partition coefficient (Wildman–Crippen LogP) is 5.97. The van der Waals surface area contributed by atoms with Gasteiger partial charge in [-0.3, -0.25) is 13.9 Å². The van der Waals surface area contributed by atoms with Gasteiger partial charge in [0.05, 0.1) is 17.8 Å². The van der Waals surface area contributed by atoms with Gasteiger partial charge in [-0.25, -0.2) is 9.59 Å². The zero-order chi connectivity index (χ0) is 24.9. The van der Waals surface area contributed by atoms with Gasteiger partial charge in [-0.05, 0) is 54.4 Å². The Labute approximate surface area is 206 Å². The molecule has 0 unspecified atom stereocenters. The Morgan fingerprint density at radius 2 is 1.74 bits per heavy atom. The number of carbonyl (C=O) groups is 2. The number of aldehydes is 1. The molecule has 2 aromatic carbocycles. The molecule has 1 fully saturated rings. The first-order valence-electron chi connectivity index (χ1n) is 12.6. The topological polar surface area (TPSA) is 81.3 Å². The fraction of sp³-hybridized carbons (Fsp3) is 0.414. The quantitative estimate of drug-likeness (QED) is 0.388. The van der Waals surface area contributed by atoms with Crippen LogP contribution in [0.15, 0.2) is 53.3 Å². The number of hydrogen-bond acceptors (Lipinski definition) is 3. The van der Waals surface area contributed by atoms with Crippen molar-refractivity contribution in [2.75, 3.05) is 0 Å². The second kappa shape index (κ2) is 10.9. The molecular formula is C29H34N2O4. The van der Waals surface area contributed by atoms with Crippen molar-refractivity contribution in [3.8, 4) is 11.1 Å². The lowest BCUT2D eigenvalue weighted by atomic mass is 9.95. The molecule has 35 heavy (non-hydrogen) atoms. The first kappa shape index (κ1) is 24.7. The monoisotopic (exact) mass is 474 g/mol. The van der Waals surface area contributed by atoms with Crippen LogP contribution in [0.1, 0.15) is 90.5 Å². The van der Waals surface area contributed by atoms with Crippen LogP contribution in [0.5, 0.6) is 0 Å². The van der Waals surface area contributed by atoms with Crippen LogP contribution in [0.4, 0.5) is 0 Å². The van der Waals surface area contributed by atoms with Crippen molar-refractivity contribution >= 4 is 12.3 Å². The summed E-state index contributed by atoms with van der Waals surface area (Å²) >= 11 is 0. The van der Waals surface area contributed by atoms with Gasteiger partial charge in [0.25, 0.3) is 0 Å². The summed E-state index contributed by atoms with van der Waals surface area (Å²) < 4.78 is 3.54. The maximum Gasteiger partial charge on any atom is 0.336 e. The van der Waals surface area contributed by atoms with Gasteiger partial charge < -0.3 is 5.11 Å². The van der Waals surface area contributed by atoms with E-state index >= 15 is 0 Å². The fourth-order valence-electron chi connectivity index (χ4n) is 5.19. The third-order valence-corrected chi connectivity index (χ3v) is 7.09. The average Bonchev–Trinajstić information content (AvgIpc) is 3.14. The SMILES string of the molecule is CC(C)CCc1c(C=O)n(C2CCCCC2)c(=O)n1Cc1ccc(-c2ccccc2C(=O)O)cc1. The number of carboxylic acids is 1. The Bertz CT molecular complexity index is 1240. The van der Waals surface area contributed by atoms with Crippen LogP contribution in [0.25, 0.3) is 11.1 Å². The largest absolute Gasteiger partial charge is 0.478 e. The van der Waals surface area contributed by atoms with E-state index in [0.29, 0.717) is 30.1 Å². The lowest BCUT2D eigenvalue weighted by Gasteiger charge is -2.23. The second-order valence-corrected chi connectivity index (χ2v) is 9.96. The van der Waals surface area contributed by atoms with Crippen molar-refractivity contribution < 1.29 is 14.7 Å². The molecule has 1 aliphatic rings. The van der Waals surface area contributed by atoms with Gasteiger partial charge in [0.1, 0.15) is 5.69 Å². The highest BCUT2D eigenvalue weighted by Gasteiger charge is 2.26. The second-order valence-electron chi connectivity index (χ2n) is 9.96. The number of nitrogens with zero attached hydrogens (tertiary/aromatic N) is 2. The van der Waals surface area contributed by atoms with E-state index in [-0.39, 0.29) is 17.3 Å². The molecule has 0 amide bonds. The summed E-state index contributed by atoms with van der Waals surface area (Å²) in [5, 5.41) is 9.52. The number of carbonyl (C=O) groups excluding carboxylic acids is 1. The Morgan fingerprint density at radius 3 is 2.37 bits per heavy atom. The van der Waals surface area contributed by atoms with E-state index in [9.17, 15) is 19.5 Å². The number of aromatic carboxylic acids is 1. The molecule has 0 radical (unpaired) electrons. The normalized spacial score (nSPS) is 14.4. The molecule has 6 heteroatoms. The summed E-state index contributed by atoms with van der Waals surface area (Å²) in [5.74, 6) is -0.499. The molecule has 184 valence electrons. The van der Waals surface area contributed by atoms with E-state index in [0.717, 1.165) is 55.2 Å². The van der Waals surface area contributed by atoms with E-state index in [1.807, 2.05) is 30.3 Å². The van der Waals surface area contributed by atoms with Crippen LogP contribution in [-0.4, -0.2) is 26.5 Å². The van der Waals surface area contributed by atoms with Crippen molar-refractivity contribution in [1.29, 1.82) is 0 Å². The van der Waals surface area contributed by atoms with Crippen LogP contribution in [0.2, 0.25) is 0 Å². The third-order valence-electron chi connectivity index (χ3n) is 7.09. The molecule has 0 saturated heterocycles. The summed E-state index contributed by atoms with van der Waals surface area (Å²) in [5.41, 5.74) is 3.93. The van der Waals surface area contributed by atoms with Gasteiger partial charge in [0.2, 0.25) is 0 Å². The van der Waals surface area contributed by atoms with E-state index in [1.165, 1.54) is 6.42 Å². The number of rotatable bonds is 9. The fourth-order valence-corrected chi connectivity index (χ4v) is 5.19. The van der Waals surface area contributed by atoms with Crippen LogP contribution >= 0.6 is 0 Å². The lowest BCUT2D eigenvalue weighted by molar-refractivity contribution is 0.0697.